The van der Waals surface area contributed by atoms with Gasteiger partial charge < -0.3 is 15.0 Å². The minimum absolute atomic E-state index is 0.0342. The second kappa shape index (κ2) is 13.5. The molecule has 5 nitrogen and oxygen atoms in total. The number of amides is 2. The van der Waals surface area contributed by atoms with E-state index in [0.29, 0.717) is 27.8 Å². The molecule has 37 heavy (non-hydrogen) atoms. The van der Waals surface area contributed by atoms with Crippen LogP contribution in [-0.4, -0.2) is 35.4 Å². The first-order chi connectivity index (χ1) is 17.7. The lowest BCUT2D eigenvalue weighted by Crippen LogP contribution is -2.53. The van der Waals surface area contributed by atoms with Crippen molar-refractivity contribution < 1.29 is 14.3 Å². The molecule has 0 bridgehead atoms. The molecular weight excluding hydrogens is 507 g/mol. The molecule has 3 rings (SSSR count). The maximum absolute atomic E-state index is 13.7. The molecule has 0 heterocycles. The van der Waals surface area contributed by atoms with E-state index in [9.17, 15) is 9.59 Å². The molecule has 3 aromatic carbocycles. The van der Waals surface area contributed by atoms with Gasteiger partial charge in [-0.3, -0.25) is 9.59 Å². The Morgan fingerprint density at radius 3 is 2.41 bits per heavy atom. The van der Waals surface area contributed by atoms with Crippen molar-refractivity contribution in [3.8, 4) is 5.75 Å². The van der Waals surface area contributed by atoms with Crippen LogP contribution in [0.3, 0.4) is 0 Å². The minimum atomic E-state index is -0.766. The van der Waals surface area contributed by atoms with Gasteiger partial charge in [0.1, 0.15) is 11.8 Å². The monoisotopic (exact) mass is 540 g/mol. The van der Waals surface area contributed by atoms with Crippen LogP contribution in [0, 0.1) is 13.8 Å². The van der Waals surface area contributed by atoms with Gasteiger partial charge in [-0.15, -0.1) is 0 Å². The van der Waals surface area contributed by atoms with Crippen molar-refractivity contribution in [2.24, 2.45) is 0 Å². The van der Waals surface area contributed by atoms with E-state index in [-0.39, 0.29) is 31.0 Å². The number of nitrogens with one attached hydrogen (secondary N) is 1. The molecule has 0 spiro atoms. The van der Waals surface area contributed by atoms with Gasteiger partial charge in [0.25, 0.3) is 5.91 Å². The first-order valence-electron chi connectivity index (χ1n) is 12.5. The Morgan fingerprint density at radius 1 is 1.00 bits per heavy atom. The molecule has 196 valence electrons. The van der Waals surface area contributed by atoms with E-state index in [2.05, 4.69) is 5.32 Å². The van der Waals surface area contributed by atoms with Crippen molar-refractivity contribution in [2.45, 2.75) is 59.2 Å². The summed E-state index contributed by atoms with van der Waals surface area (Å²) in [6, 6.07) is 19.9. The fraction of sp³-hybridized carbons (Fsp3) is 0.333. The number of benzene rings is 3. The molecule has 0 aliphatic carbocycles. The van der Waals surface area contributed by atoms with Crippen LogP contribution < -0.4 is 10.1 Å². The van der Waals surface area contributed by atoms with Gasteiger partial charge in [0, 0.05) is 29.1 Å². The summed E-state index contributed by atoms with van der Waals surface area (Å²) in [5.74, 6) is 0.108. The average Bonchev–Trinajstić information content (AvgIpc) is 2.88. The van der Waals surface area contributed by atoms with E-state index in [1.54, 1.807) is 23.1 Å². The van der Waals surface area contributed by atoms with Crippen LogP contribution in [0.1, 0.15) is 42.5 Å². The highest BCUT2D eigenvalue weighted by atomic mass is 35.5. The smallest absolute Gasteiger partial charge is 0.261 e. The summed E-state index contributed by atoms with van der Waals surface area (Å²) in [6.45, 7) is 7.78. The van der Waals surface area contributed by atoms with Gasteiger partial charge in [0.15, 0.2) is 6.61 Å². The third kappa shape index (κ3) is 8.24. The third-order valence-corrected chi connectivity index (χ3v) is 6.91. The topological polar surface area (TPSA) is 58.6 Å². The van der Waals surface area contributed by atoms with Crippen LogP contribution >= 0.6 is 23.2 Å². The molecule has 7 heteroatoms. The van der Waals surface area contributed by atoms with Gasteiger partial charge >= 0.3 is 0 Å². The van der Waals surface area contributed by atoms with Gasteiger partial charge in [-0.2, -0.15) is 0 Å². The zero-order valence-corrected chi connectivity index (χ0v) is 23.3. The molecule has 0 aliphatic rings. The second-order valence-electron chi connectivity index (χ2n) is 9.34. The van der Waals surface area contributed by atoms with Crippen molar-refractivity contribution in [1.82, 2.24) is 10.2 Å². The summed E-state index contributed by atoms with van der Waals surface area (Å²) < 4.78 is 5.95. The van der Waals surface area contributed by atoms with Gasteiger partial charge in [-0.25, -0.2) is 0 Å². The standard InChI is InChI=1S/C30H34Cl2N2O3/c1-5-22(4)33-30(36)27(16-23-9-7-6-8-10-23)34(18-24-13-14-25(31)17-26(24)32)29(35)19-37-28-15-20(2)11-12-21(28)3/h6-15,17,22,27H,5,16,18-19H2,1-4H3,(H,33,36)/t22-,27-/m0/s1. The van der Waals surface area contributed by atoms with Crippen molar-refractivity contribution in [3.63, 3.8) is 0 Å². The third-order valence-electron chi connectivity index (χ3n) is 6.32. The van der Waals surface area contributed by atoms with Gasteiger partial charge in [0.05, 0.1) is 0 Å². The quantitative estimate of drug-likeness (QED) is 0.300. The largest absolute Gasteiger partial charge is 0.483 e. The van der Waals surface area contributed by atoms with E-state index in [0.717, 1.165) is 23.1 Å². The Morgan fingerprint density at radius 2 is 1.73 bits per heavy atom. The van der Waals surface area contributed by atoms with Crippen LogP contribution in [0.2, 0.25) is 10.0 Å². The van der Waals surface area contributed by atoms with Crippen molar-refractivity contribution in [2.75, 3.05) is 6.61 Å². The van der Waals surface area contributed by atoms with E-state index >= 15 is 0 Å². The van der Waals surface area contributed by atoms with Crippen LogP contribution in [0.15, 0.2) is 66.7 Å². The second-order valence-corrected chi connectivity index (χ2v) is 10.2. The number of ether oxygens (including phenoxy) is 1. The number of rotatable bonds is 11. The molecule has 0 saturated carbocycles. The summed E-state index contributed by atoms with van der Waals surface area (Å²) in [4.78, 5) is 28.9. The summed E-state index contributed by atoms with van der Waals surface area (Å²) in [7, 11) is 0. The molecule has 1 N–H and O–H groups in total. The Labute approximate surface area is 229 Å². The van der Waals surface area contributed by atoms with Crippen LogP contribution in [0.25, 0.3) is 0 Å². The number of aryl methyl sites for hydroxylation is 2. The zero-order valence-electron chi connectivity index (χ0n) is 21.8. The SMILES string of the molecule is CC[C@H](C)NC(=O)[C@H](Cc1ccccc1)N(Cc1ccc(Cl)cc1Cl)C(=O)COc1cc(C)ccc1C. The maximum atomic E-state index is 13.7. The number of halogens is 2. The van der Waals surface area contributed by atoms with Gasteiger partial charge in [-0.1, -0.05) is 78.7 Å². The maximum Gasteiger partial charge on any atom is 0.261 e. The number of hydrogen-bond donors (Lipinski definition) is 1. The highest BCUT2D eigenvalue weighted by Gasteiger charge is 2.31. The highest BCUT2D eigenvalue weighted by molar-refractivity contribution is 6.35. The van der Waals surface area contributed by atoms with Crippen LogP contribution in [0.5, 0.6) is 5.75 Å². The number of carbonyl (C=O) groups excluding carboxylic acids is 2. The molecule has 3 aromatic rings. The molecule has 0 fully saturated rings. The number of nitrogens with zero attached hydrogens (tertiary/aromatic N) is 1. The van der Waals surface area contributed by atoms with Gasteiger partial charge in [-0.05, 0) is 67.6 Å². The summed E-state index contributed by atoms with van der Waals surface area (Å²) >= 11 is 12.6. The van der Waals surface area contributed by atoms with Crippen molar-refractivity contribution in [1.29, 1.82) is 0 Å². The molecule has 0 aliphatic heterocycles. The Bertz CT molecular complexity index is 1220. The van der Waals surface area contributed by atoms with E-state index in [1.165, 1.54) is 0 Å². The molecule has 0 aromatic heterocycles. The van der Waals surface area contributed by atoms with E-state index < -0.39 is 6.04 Å². The van der Waals surface area contributed by atoms with E-state index in [4.69, 9.17) is 27.9 Å². The highest BCUT2D eigenvalue weighted by Crippen LogP contribution is 2.25. The Kier molecular flexibility index (Phi) is 10.4. The number of carbonyl (C=O) groups is 2. The van der Waals surface area contributed by atoms with Gasteiger partial charge in [0.2, 0.25) is 5.91 Å². The van der Waals surface area contributed by atoms with E-state index in [1.807, 2.05) is 76.2 Å². The summed E-state index contributed by atoms with van der Waals surface area (Å²) in [5.41, 5.74) is 3.61. The lowest BCUT2D eigenvalue weighted by atomic mass is 10.0. The molecule has 0 radical (unpaired) electrons. The molecular formula is C30H34Cl2N2O3. The average molecular weight is 542 g/mol. The zero-order chi connectivity index (χ0) is 26.9. The normalized spacial score (nSPS) is 12.5. The fourth-order valence-electron chi connectivity index (χ4n) is 3.91. The number of hydrogen-bond acceptors (Lipinski definition) is 3. The van der Waals surface area contributed by atoms with Crippen molar-refractivity contribution in [3.05, 3.63) is 99.0 Å². The predicted octanol–water partition coefficient (Wildman–Crippen LogP) is 6.54. The molecule has 2 amide bonds. The first kappa shape index (κ1) is 28.5. The van der Waals surface area contributed by atoms with Crippen LogP contribution in [0.4, 0.5) is 0 Å². The lowest BCUT2D eigenvalue weighted by molar-refractivity contribution is -0.143. The first-order valence-corrected chi connectivity index (χ1v) is 13.2. The summed E-state index contributed by atoms with van der Waals surface area (Å²) in [6.07, 6.45) is 1.13. The summed E-state index contributed by atoms with van der Waals surface area (Å²) in [5, 5.41) is 3.99. The van der Waals surface area contributed by atoms with Crippen LogP contribution in [-0.2, 0) is 22.6 Å². The predicted molar refractivity (Wildman–Crippen MR) is 150 cm³/mol. The lowest BCUT2D eigenvalue weighted by Gasteiger charge is -2.32. The van der Waals surface area contributed by atoms with Crippen molar-refractivity contribution >= 4 is 35.0 Å². The molecule has 0 unspecified atom stereocenters. The fourth-order valence-corrected chi connectivity index (χ4v) is 4.38. The molecule has 0 saturated heterocycles. The molecule has 2 atom stereocenters. The Balaban J connectivity index is 1.96. The Hall–Kier alpha value is -3.02. The minimum Gasteiger partial charge on any atom is -0.483 e.